The number of sulfonamides is 1. The zero-order valence-corrected chi connectivity index (χ0v) is 10.9. The molecule has 0 bridgehead atoms. The Hall–Kier alpha value is -0.950. The molecule has 16 heavy (non-hydrogen) atoms. The Kier molecular flexibility index (Phi) is 4.43. The lowest BCUT2D eigenvalue weighted by Gasteiger charge is -2.00. The highest BCUT2D eigenvalue weighted by molar-refractivity contribution is 7.93. The molecule has 1 aromatic heterocycles. The van der Waals surface area contributed by atoms with Crippen LogP contribution in [0.1, 0.15) is 18.9 Å². The molecule has 0 unspecified atom stereocenters. The Labute approximate surface area is 99.7 Å². The Balaban J connectivity index is 2.68. The fraction of sp³-hybridized carbons (Fsp3) is 0.556. The SMILES string of the molecule is C=CCS(=O)(=O)Nc1nnc(CC(C)C)s1. The van der Waals surface area contributed by atoms with Crippen molar-refractivity contribution in [1.82, 2.24) is 10.2 Å². The van der Waals surface area contributed by atoms with Gasteiger partial charge in [-0.3, -0.25) is 4.72 Å². The van der Waals surface area contributed by atoms with Crippen molar-refractivity contribution in [2.45, 2.75) is 20.3 Å². The summed E-state index contributed by atoms with van der Waals surface area (Å²) in [7, 11) is -3.36. The second-order valence-corrected chi connectivity index (χ2v) is 6.60. The summed E-state index contributed by atoms with van der Waals surface area (Å²) in [4.78, 5) is 0. The highest BCUT2D eigenvalue weighted by atomic mass is 32.2. The maximum atomic E-state index is 11.4. The van der Waals surface area contributed by atoms with Crippen LogP contribution in [-0.4, -0.2) is 24.4 Å². The van der Waals surface area contributed by atoms with Gasteiger partial charge < -0.3 is 0 Å². The van der Waals surface area contributed by atoms with E-state index in [0.717, 1.165) is 11.4 Å². The summed E-state index contributed by atoms with van der Waals surface area (Å²) in [5.74, 6) is 0.358. The molecule has 0 atom stereocenters. The minimum absolute atomic E-state index is 0.119. The minimum atomic E-state index is -3.36. The second-order valence-electron chi connectivity index (χ2n) is 3.77. The van der Waals surface area contributed by atoms with E-state index < -0.39 is 10.0 Å². The molecule has 0 saturated heterocycles. The second kappa shape index (κ2) is 5.40. The third-order valence-electron chi connectivity index (χ3n) is 1.63. The maximum absolute atomic E-state index is 11.4. The lowest BCUT2D eigenvalue weighted by molar-refractivity contribution is 0.604. The van der Waals surface area contributed by atoms with Crippen LogP contribution in [0.3, 0.4) is 0 Å². The van der Waals surface area contributed by atoms with Crippen LogP contribution in [0.15, 0.2) is 12.7 Å². The van der Waals surface area contributed by atoms with Gasteiger partial charge in [-0.05, 0) is 5.92 Å². The first kappa shape index (κ1) is 13.1. The van der Waals surface area contributed by atoms with Gasteiger partial charge in [-0.15, -0.1) is 16.8 Å². The van der Waals surface area contributed by atoms with E-state index in [4.69, 9.17) is 0 Å². The summed E-state index contributed by atoms with van der Waals surface area (Å²) in [6.07, 6.45) is 2.14. The number of hydrogen-bond donors (Lipinski definition) is 1. The van der Waals surface area contributed by atoms with Crippen LogP contribution in [0.2, 0.25) is 0 Å². The molecule has 1 heterocycles. The van der Waals surface area contributed by atoms with Crippen LogP contribution in [0, 0.1) is 5.92 Å². The summed E-state index contributed by atoms with van der Waals surface area (Å²) in [6, 6.07) is 0. The van der Waals surface area contributed by atoms with Crippen LogP contribution < -0.4 is 4.72 Å². The largest absolute Gasteiger partial charge is 0.257 e. The molecule has 1 rings (SSSR count). The topological polar surface area (TPSA) is 72.0 Å². The predicted octanol–water partition coefficient (Wildman–Crippen LogP) is 1.66. The zero-order chi connectivity index (χ0) is 12.2. The molecule has 5 nitrogen and oxygen atoms in total. The van der Waals surface area contributed by atoms with Crippen molar-refractivity contribution >= 4 is 26.5 Å². The Morgan fingerprint density at radius 2 is 2.19 bits per heavy atom. The van der Waals surface area contributed by atoms with Crippen LogP contribution in [0.25, 0.3) is 0 Å². The Bertz CT molecular complexity index is 451. The standard InChI is InChI=1S/C9H15N3O2S2/c1-4-5-16(13,14)12-9-11-10-8(15-9)6-7(2)3/h4,7H,1,5-6H2,2-3H3,(H,11,12). The number of hydrogen-bond acceptors (Lipinski definition) is 5. The van der Waals surface area contributed by atoms with Gasteiger partial charge in [0.1, 0.15) is 5.01 Å². The van der Waals surface area contributed by atoms with E-state index in [-0.39, 0.29) is 5.75 Å². The molecule has 0 aliphatic rings. The minimum Gasteiger partial charge on any atom is -0.257 e. The molecule has 0 aliphatic carbocycles. The molecule has 0 aliphatic heterocycles. The van der Waals surface area contributed by atoms with Crippen molar-refractivity contribution in [3.8, 4) is 0 Å². The number of nitrogens with zero attached hydrogens (tertiary/aromatic N) is 2. The fourth-order valence-corrected chi connectivity index (χ4v) is 3.11. The monoisotopic (exact) mass is 261 g/mol. The third-order valence-corrected chi connectivity index (χ3v) is 3.80. The van der Waals surface area contributed by atoms with E-state index in [1.807, 2.05) is 0 Å². The van der Waals surface area contributed by atoms with Gasteiger partial charge in [0.25, 0.3) is 0 Å². The van der Waals surface area contributed by atoms with Crippen LogP contribution in [-0.2, 0) is 16.4 Å². The van der Waals surface area contributed by atoms with Gasteiger partial charge in [-0.2, -0.15) is 0 Å². The molecule has 90 valence electrons. The average Bonchev–Trinajstić information content (AvgIpc) is 2.49. The normalized spacial score (nSPS) is 11.7. The first-order chi connectivity index (χ1) is 7.43. The smallest absolute Gasteiger partial charge is 0.238 e. The molecular formula is C9H15N3O2S2. The number of aromatic nitrogens is 2. The highest BCUT2D eigenvalue weighted by Crippen LogP contribution is 2.19. The summed E-state index contributed by atoms with van der Waals surface area (Å²) in [5, 5.41) is 8.85. The molecule has 1 aromatic rings. The quantitative estimate of drug-likeness (QED) is 0.791. The molecule has 7 heteroatoms. The van der Waals surface area contributed by atoms with Crippen LogP contribution in [0.4, 0.5) is 5.13 Å². The van der Waals surface area contributed by atoms with Crippen molar-refractivity contribution in [3.05, 3.63) is 17.7 Å². The number of anilines is 1. The molecule has 0 amide bonds. The van der Waals surface area contributed by atoms with Crippen molar-refractivity contribution in [1.29, 1.82) is 0 Å². The molecule has 0 spiro atoms. The average molecular weight is 261 g/mol. The van der Waals surface area contributed by atoms with Gasteiger partial charge in [0.15, 0.2) is 0 Å². The number of nitrogens with one attached hydrogen (secondary N) is 1. The first-order valence-corrected chi connectivity index (χ1v) is 7.33. The first-order valence-electron chi connectivity index (χ1n) is 4.86. The van der Waals surface area contributed by atoms with Gasteiger partial charge in [-0.25, -0.2) is 8.42 Å². The lowest BCUT2D eigenvalue weighted by atomic mass is 10.1. The molecule has 0 fully saturated rings. The summed E-state index contributed by atoms with van der Waals surface area (Å²) < 4.78 is 25.1. The fourth-order valence-electron chi connectivity index (χ4n) is 1.06. The van der Waals surface area contributed by atoms with Gasteiger partial charge in [0.05, 0.1) is 5.75 Å². The molecular weight excluding hydrogens is 246 g/mol. The zero-order valence-electron chi connectivity index (χ0n) is 9.30. The van der Waals surface area contributed by atoms with E-state index in [1.165, 1.54) is 17.4 Å². The van der Waals surface area contributed by atoms with E-state index in [1.54, 1.807) is 0 Å². The van der Waals surface area contributed by atoms with Crippen molar-refractivity contribution in [2.24, 2.45) is 5.92 Å². The molecule has 0 saturated carbocycles. The van der Waals surface area contributed by atoms with Gasteiger partial charge >= 0.3 is 0 Å². The summed E-state index contributed by atoms with van der Waals surface area (Å²) in [5.41, 5.74) is 0. The van der Waals surface area contributed by atoms with Crippen LogP contribution in [0.5, 0.6) is 0 Å². The van der Waals surface area contributed by atoms with Gasteiger partial charge in [-0.1, -0.05) is 31.3 Å². The maximum Gasteiger partial charge on any atom is 0.238 e. The summed E-state index contributed by atoms with van der Waals surface area (Å²) in [6.45, 7) is 7.53. The lowest BCUT2D eigenvalue weighted by Crippen LogP contribution is -2.14. The van der Waals surface area contributed by atoms with E-state index in [2.05, 4.69) is 35.3 Å². The Morgan fingerprint density at radius 3 is 2.75 bits per heavy atom. The number of rotatable bonds is 6. The van der Waals surface area contributed by atoms with Crippen molar-refractivity contribution < 1.29 is 8.42 Å². The summed E-state index contributed by atoms with van der Waals surface area (Å²) >= 11 is 1.27. The van der Waals surface area contributed by atoms with Gasteiger partial charge in [0.2, 0.25) is 15.2 Å². The third kappa shape index (κ3) is 4.28. The molecule has 1 N–H and O–H groups in total. The van der Waals surface area contributed by atoms with E-state index >= 15 is 0 Å². The van der Waals surface area contributed by atoms with Crippen molar-refractivity contribution in [2.75, 3.05) is 10.5 Å². The van der Waals surface area contributed by atoms with Crippen molar-refractivity contribution in [3.63, 3.8) is 0 Å². The highest BCUT2D eigenvalue weighted by Gasteiger charge is 2.12. The molecule has 0 radical (unpaired) electrons. The predicted molar refractivity (Wildman–Crippen MR) is 66.1 cm³/mol. The van der Waals surface area contributed by atoms with Crippen LogP contribution >= 0.6 is 11.3 Å². The molecule has 0 aromatic carbocycles. The Morgan fingerprint density at radius 1 is 1.50 bits per heavy atom. The van der Waals surface area contributed by atoms with Gasteiger partial charge in [0, 0.05) is 6.42 Å². The van der Waals surface area contributed by atoms with E-state index in [0.29, 0.717) is 11.0 Å². The van der Waals surface area contributed by atoms with E-state index in [9.17, 15) is 8.42 Å².